The maximum absolute atomic E-state index is 12.2. The Balaban J connectivity index is 0.00000158. The smallest absolute Gasteiger partial charge is 0.319 e. The number of nitrogens with one attached hydrogen (secondary N) is 2. The molecule has 0 spiro atoms. The van der Waals surface area contributed by atoms with E-state index in [1.54, 1.807) is 28.9 Å². The first kappa shape index (κ1) is 24.7. The fraction of sp³-hybridized carbons (Fsp3) is 0.154. The number of nitrogens with zero attached hydrogens (tertiary/aromatic N) is 2. The van der Waals surface area contributed by atoms with Crippen molar-refractivity contribution < 1.29 is 13.2 Å². The first-order valence-electron chi connectivity index (χ1n) is 10.9. The van der Waals surface area contributed by atoms with Crippen molar-refractivity contribution >= 4 is 21.6 Å². The predicted molar refractivity (Wildman–Crippen MR) is 136 cm³/mol. The van der Waals surface area contributed by atoms with E-state index in [0.29, 0.717) is 11.4 Å². The summed E-state index contributed by atoms with van der Waals surface area (Å²) in [6, 6.07) is 27.1. The molecule has 1 heterocycles. The molecule has 2 amide bonds. The lowest BCUT2D eigenvalue weighted by Crippen LogP contribution is -2.28. The van der Waals surface area contributed by atoms with Gasteiger partial charge in [-0.2, -0.15) is 5.10 Å². The Labute approximate surface area is 200 Å². The summed E-state index contributed by atoms with van der Waals surface area (Å²) in [5, 5.41) is 10.2. The summed E-state index contributed by atoms with van der Waals surface area (Å²) >= 11 is 0. The van der Waals surface area contributed by atoms with Crippen LogP contribution in [0.1, 0.15) is 19.5 Å². The second kappa shape index (κ2) is 11.3. The summed E-state index contributed by atoms with van der Waals surface area (Å²) in [6.07, 6.45) is 1.18. The van der Waals surface area contributed by atoms with Crippen LogP contribution in [0.25, 0.3) is 16.9 Å². The van der Waals surface area contributed by atoms with Crippen molar-refractivity contribution in [3.63, 3.8) is 0 Å². The molecular weight excluding hydrogens is 448 g/mol. The maximum atomic E-state index is 12.2. The molecule has 176 valence electrons. The van der Waals surface area contributed by atoms with E-state index in [1.807, 2.05) is 80.6 Å². The lowest BCUT2D eigenvalue weighted by atomic mass is 10.1. The highest BCUT2D eigenvalue weighted by Gasteiger charge is 2.14. The highest BCUT2D eigenvalue weighted by Crippen LogP contribution is 2.25. The molecule has 4 rings (SSSR count). The van der Waals surface area contributed by atoms with E-state index in [2.05, 4.69) is 15.7 Å². The highest BCUT2D eigenvalue weighted by molar-refractivity contribution is 7.90. The van der Waals surface area contributed by atoms with Gasteiger partial charge < -0.3 is 10.6 Å². The summed E-state index contributed by atoms with van der Waals surface area (Å²) < 4.78 is 25.3. The zero-order valence-corrected chi connectivity index (χ0v) is 20.2. The van der Waals surface area contributed by atoms with Crippen LogP contribution in [0.3, 0.4) is 0 Å². The van der Waals surface area contributed by atoms with Crippen LogP contribution in [0.5, 0.6) is 0 Å². The van der Waals surface area contributed by atoms with Gasteiger partial charge in [-0.3, -0.25) is 0 Å². The minimum Gasteiger partial charge on any atom is -0.332 e. The molecule has 1 aromatic heterocycles. The lowest BCUT2D eigenvalue weighted by Gasteiger charge is -2.08. The Morgan fingerprint density at radius 3 is 2.06 bits per heavy atom. The summed E-state index contributed by atoms with van der Waals surface area (Å²) in [4.78, 5) is 12.5. The number of anilines is 1. The minimum absolute atomic E-state index is 0.229. The van der Waals surface area contributed by atoms with Crippen LogP contribution in [-0.2, 0) is 16.4 Å². The number of carbonyl (C=O) groups is 1. The first-order chi connectivity index (χ1) is 16.4. The molecule has 2 N–H and O–H groups in total. The lowest BCUT2D eigenvalue weighted by molar-refractivity contribution is 0.251. The zero-order chi connectivity index (χ0) is 24.6. The number of rotatable bonds is 6. The van der Waals surface area contributed by atoms with Gasteiger partial charge in [0.1, 0.15) is 0 Å². The third kappa shape index (κ3) is 6.32. The summed E-state index contributed by atoms with van der Waals surface area (Å²) in [5.74, 6) is 0. The van der Waals surface area contributed by atoms with E-state index in [4.69, 9.17) is 0 Å². The van der Waals surface area contributed by atoms with Crippen LogP contribution in [0, 0.1) is 0 Å². The predicted octanol–water partition coefficient (Wildman–Crippen LogP) is 5.29. The van der Waals surface area contributed by atoms with Gasteiger partial charge in [-0.1, -0.05) is 62.4 Å². The second-order valence-electron chi connectivity index (χ2n) is 7.24. The van der Waals surface area contributed by atoms with Gasteiger partial charge in [-0.05, 0) is 42.5 Å². The van der Waals surface area contributed by atoms with E-state index < -0.39 is 9.84 Å². The molecule has 0 radical (unpaired) electrons. The number of amides is 2. The average Bonchev–Trinajstić information content (AvgIpc) is 3.29. The van der Waals surface area contributed by atoms with Crippen LogP contribution < -0.4 is 10.6 Å². The van der Waals surface area contributed by atoms with Crippen molar-refractivity contribution in [3.05, 3.63) is 96.7 Å². The minimum atomic E-state index is -3.29. The molecule has 3 aromatic carbocycles. The van der Waals surface area contributed by atoms with Gasteiger partial charge in [-0.15, -0.1) is 0 Å². The van der Waals surface area contributed by atoms with Crippen LogP contribution in [0.4, 0.5) is 10.5 Å². The van der Waals surface area contributed by atoms with Crippen molar-refractivity contribution in [1.82, 2.24) is 15.1 Å². The monoisotopic (exact) mass is 476 g/mol. The van der Waals surface area contributed by atoms with Crippen LogP contribution in [-0.4, -0.2) is 30.5 Å². The molecule has 34 heavy (non-hydrogen) atoms. The van der Waals surface area contributed by atoms with Gasteiger partial charge >= 0.3 is 6.03 Å². The number of urea groups is 1. The number of hydrogen-bond acceptors (Lipinski definition) is 4. The van der Waals surface area contributed by atoms with E-state index in [-0.39, 0.29) is 17.5 Å². The van der Waals surface area contributed by atoms with Gasteiger partial charge in [0.15, 0.2) is 9.84 Å². The molecule has 0 fully saturated rings. The average molecular weight is 477 g/mol. The molecular formula is C26H28N4O3S. The van der Waals surface area contributed by atoms with Gasteiger partial charge in [-0.25, -0.2) is 17.9 Å². The molecule has 0 aliphatic rings. The van der Waals surface area contributed by atoms with Crippen LogP contribution >= 0.6 is 0 Å². The van der Waals surface area contributed by atoms with Crippen molar-refractivity contribution in [2.75, 3.05) is 11.6 Å². The Hall–Kier alpha value is -3.91. The zero-order valence-electron chi connectivity index (χ0n) is 19.4. The molecule has 0 unspecified atom stereocenters. The van der Waals surface area contributed by atoms with Crippen LogP contribution in [0.2, 0.25) is 0 Å². The highest BCUT2D eigenvalue weighted by atomic mass is 32.2. The molecule has 0 saturated heterocycles. The second-order valence-corrected chi connectivity index (χ2v) is 9.25. The van der Waals surface area contributed by atoms with Crippen LogP contribution in [0.15, 0.2) is 95.9 Å². The van der Waals surface area contributed by atoms with Crippen molar-refractivity contribution in [2.45, 2.75) is 25.3 Å². The Morgan fingerprint density at radius 2 is 1.47 bits per heavy atom. The largest absolute Gasteiger partial charge is 0.332 e. The van der Waals surface area contributed by atoms with Crippen molar-refractivity contribution in [3.8, 4) is 16.9 Å². The van der Waals surface area contributed by atoms with Crippen molar-refractivity contribution in [1.29, 1.82) is 0 Å². The Bertz CT molecular complexity index is 1320. The normalized spacial score (nSPS) is 10.7. The molecule has 0 aliphatic carbocycles. The van der Waals surface area contributed by atoms with Crippen molar-refractivity contribution in [2.24, 2.45) is 0 Å². The van der Waals surface area contributed by atoms with Gasteiger partial charge in [0.25, 0.3) is 0 Å². The van der Waals surface area contributed by atoms with Gasteiger partial charge in [0, 0.05) is 17.5 Å². The molecule has 0 saturated carbocycles. The third-order valence-corrected chi connectivity index (χ3v) is 5.93. The fourth-order valence-electron chi connectivity index (χ4n) is 3.23. The van der Waals surface area contributed by atoms with E-state index in [9.17, 15) is 13.2 Å². The molecule has 0 atom stereocenters. The Morgan fingerprint density at radius 1 is 0.882 bits per heavy atom. The SMILES string of the molecule is CC.CS(=O)(=O)c1ccc(-n2nc(CNC(=O)Nc3ccccc3)cc2-c2ccccc2)cc1. The first-order valence-corrected chi connectivity index (χ1v) is 12.8. The summed E-state index contributed by atoms with van der Waals surface area (Å²) in [7, 11) is -3.29. The molecule has 8 heteroatoms. The maximum Gasteiger partial charge on any atom is 0.319 e. The molecule has 0 aliphatic heterocycles. The quantitative estimate of drug-likeness (QED) is 0.395. The van der Waals surface area contributed by atoms with E-state index >= 15 is 0 Å². The number of aromatic nitrogens is 2. The number of para-hydroxylation sites is 1. The van der Waals surface area contributed by atoms with E-state index in [1.165, 1.54) is 6.26 Å². The van der Waals surface area contributed by atoms with E-state index in [0.717, 1.165) is 16.9 Å². The molecule has 0 bridgehead atoms. The molecule has 7 nitrogen and oxygen atoms in total. The molecule has 4 aromatic rings. The third-order valence-electron chi connectivity index (χ3n) is 4.80. The number of sulfone groups is 1. The standard InChI is InChI=1S/C24H22N4O3S.C2H6/c1-32(30,31)22-14-12-21(13-15-22)28-23(18-8-4-2-5-9-18)16-20(27-28)17-25-24(29)26-19-10-6-3-7-11-19;1-2/h2-16H,17H2,1H3,(H2,25,26,29);1-2H3. The number of carbonyl (C=O) groups excluding carboxylic acids is 1. The fourth-order valence-corrected chi connectivity index (χ4v) is 3.86. The Kier molecular flexibility index (Phi) is 8.21. The van der Waals surface area contributed by atoms with Gasteiger partial charge in [0.05, 0.1) is 28.5 Å². The number of benzene rings is 3. The number of hydrogen-bond donors (Lipinski definition) is 2. The summed E-state index contributed by atoms with van der Waals surface area (Å²) in [6.45, 7) is 4.23. The topological polar surface area (TPSA) is 93.1 Å². The van der Waals surface area contributed by atoms with Gasteiger partial charge in [0.2, 0.25) is 0 Å². The summed E-state index contributed by atoms with van der Waals surface area (Å²) in [5.41, 5.74) is 3.87.